The van der Waals surface area contributed by atoms with Crippen LogP contribution in [-0.2, 0) is 17.9 Å². The molecule has 0 saturated carbocycles. The summed E-state index contributed by atoms with van der Waals surface area (Å²) in [6, 6.07) is 21.0. The number of anilines is 1. The lowest BCUT2D eigenvalue weighted by atomic mass is 10.2. The molecule has 7 nitrogen and oxygen atoms in total. The summed E-state index contributed by atoms with van der Waals surface area (Å²) in [7, 11) is 0. The molecular weight excluding hydrogens is 446 g/mol. The molecule has 3 aromatic carbocycles. The minimum Gasteiger partial charge on any atom is -0.342 e. The third-order valence-corrected chi connectivity index (χ3v) is 6.48. The molecule has 1 N–H and O–H groups in total. The van der Waals surface area contributed by atoms with Gasteiger partial charge in [-0.3, -0.25) is 14.2 Å². The Morgan fingerprint density at radius 1 is 1.06 bits per heavy atom. The number of carbonyl (C=O) groups excluding carboxylic acids is 1. The highest BCUT2D eigenvalue weighted by molar-refractivity contribution is 7.98. The number of amides is 1. The summed E-state index contributed by atoms with van der Waals surface area (Å²) in [5.41, 5.74) is 3.81. The number of aryl methyl sites for hydroxylation is 1. The van der Waals surface area contributed by atoms with Gasteiger partial charge in [0.25, 0.3) is 5.56 Å². The molecule has 34 heavy (non-hydrogen) atoms. The summed E-state index contributed by atoms with van der Waals surface area (Å²) in [5, 5.41) is 0.492. The SMILES string of the molecule is CSc1ccc(CN(C(=O)Cn2cnc3ccccc3c2=O)c2ccc3nc(C)[nH]c3c2)cc1. The molecule has 0 aliphatic rings. The molecule has 5 aromatic rings. The highest BCUT2D eigenvalue weighted by Crippen LogP contribution is 2.24. The van der Waals surface area contributed by atoms with Gasteiger partial charge in [-0.2, -0.15) is 0 Å². The fraction of sp³-hybridized carbons (Fsp3) is 0.154. The highest BCUT2D eigenvalue weighted by Gasteiger charge is 2.19. The molecule has 0 unspecified atom stereocenters. The average Bonchev–Trinajstić information content (AvgIpc) is 3.24. The Kier molecular flexibility index (Phi) is 5.90. The van der Waals surface area contributed by atoms with Crippen molar-refractivity contribution in [2.24, 2.45) is 0 Å². The van der Waals surface area contributed by atoms with Crippen molar-refractivity contribution in [2.45, 2.75) is 24.9 Å². The summed E-state index contributed by atoms with van der Waals surface area (Å²) in [6.45, 7) is 2.16. The van der Waals surface area contributed by atoms with E-state index in [0.717, 1.165) is 33.0 Å². The molecule has 1 amide bonds. The summed E-state index contributed by atoms with van der Waals surface area (Å²) in [5.74, 6) is 0.607. The maximum absolute atomic E-state index is 13.6. The van der Waals surface area contributed by atoms with Gasteiger partial charge in [0.1, 0.15) is 12.4 Å². The number of para-hydroxylation sites is 1. The Labute approximate surface area is 200 Å². The van der Waals surface area contributed by atoms with Gasteiger partial charge in [-0.25, -0.2) is 9.97 Å². The zero-order valence-electron chi connectivity index (χ0n) is 18.9. The van der Waals surface area contributed by atoms with Crippen LogP contribution in [0.3, 0.4) is 0 Å². The first kappa shape index (κ1) is 21.9. The van der Waals surface area contributed by atoms with Gasteiger partial charge >= 0.3 is 0 Å². The summed E-state index contributed by atoms with van der Waals surface area (Å²) in [4.78, 5) is 41.4. The Morgan fingerprint density at radius 2 is 1.85 bits per heavy atom. The van der Waals surface area contributed by atoms with Crippen LogP contribution in [0.1, 0.15) is 11.4 Å². The number of nitrogens with one attached hydrogen (secondary N) is 1. The topological polar surface area (TPSA) is 83.9 Å². The highest BCUT2D eigenvalue weighted by atomic mass is 32.2. The Bertz CT molecular complexity index is 1560. The van der Waals surface area contributed by atoms with Crippen molar-refractivity contribution in [3.8, 4) is 0 Å². The van der Waals surface area contributed by atoms with Crippen LogP contribution in [0.4, 0.5) is 5.69 Å². The monoisotopic (exact) mass is 469 g/mol. The third kappa shape index (κ3) is 4.32. The minimum absolute atomic E-state index is 0.112. The van der Waals surface area contributed by atoms with Gasteiger partial charge in [0.2, 0.25) is 5.91 Å². The van der Waals surface area contributed by atoms with Crippen LogP contribution in [-0.4, -0.2) is 31.7 Å². The van der Waals surface area contributed by atoms with E-state index in [1.165, 1.54) is 10.9 Å². The van der Waals surface area contributed by atoms with Crippen molar-refractivity contribution in [3.63, 3.8) is 0 Å². The predicted molar refractivity (Wildman–Crippen MR) is 136 cm³/mol. The molecule has 2 aromatic heterocycles. The van der Waals surface area contributed by atoms with E-state index >= 15 is 0 Å². The van der Waals surface area contributed by atoms with Gasteiger partial charge in [0.05, 0.1) is 34.8 Å². The molecule has 0 aliphatic carbocycles. The smallest absolute Gasteiger partial charge is 0.261 e. The molecule has 2 heterocycles. The van der Waals surface area contributed by atoms with Crippen molar-refractivity contribution in [1.82, 2.24) is 19.5 Å². The van der Waals surface area contributed by atoms with E-state index in [4.69, 9.17) is 0 Å². The van der Waals surface area contributed by atoms with Gasteiger partial charge < -0.3 is 9.88 Å². The number of hydrogen-bond acceptors (Lipinski definition) is 5. The maximum Gasteiger partial charge on any atom is 0.261 e. The van der Waals surface area contributed by atoms with Crippen molar-refractivity contribution >= 4 is 45.3 Å². The summed E-state index contributed by atoms with van der Waals surface area (Å²) >= 11 is 1.67. The predicted octanol–water partition coefficient (Wildman–Crippen LogP) is 4.54. The Balaban J connectivity index is 1.51. The number of carbonyl (C=O) groups is 1. The first-order valence-electron chi connectivity index (χ1n) is 10.9. The number of nitrogens with zero attached hydrogens (tertiary/aromatic N) is 4. The van der Waals surface area contributed by atoms with E-state index in [2.05, 4.69) is 15.0 Å². The van der Waals surface area contributed by atoms with Crippen LogP contribution < -0.4 is 10.5 Å². The Morgan fingerprint density at radius 3 is 2.65 bits per heavy atom. The zero-order chi connectivity index (χ0) is 23.7. The summed E-state index contributed by atoms with van der Waals surface area (Å²) < 4.78 is 1.37. The second kappa shape index (κ2) is 9.15. The molecule has 0 radical (unpaired) electrons. The van der Waals surface area contributed by atoms with Crippen molar-refractivity contribution < 1.29 is 4.79 Å². The van der Waals surface area contributed by atoms with Crippen LogP contribution in [0.25, 0.3) is 21.9 Å². The van der Waals surface area contributed by atoms with Gasteiger partial charge in [0.15, 0.2) is 0 Å². The zero-order valence-corrected chi connectivity index (χ0v) is 19.7. The van der Waals surface area contributed by atoms with Crippen LogP contribution in [0.5, 0.6) is 0 Å². The fourth-order valence-electron chi connectivity index (χ4n) is 3.98. The molecule has 8 heteroatoms. The van der Waals surface area contributed by atoms with E-state index in [9.17, 15) is 9.59 Å². The number of fused-ring (bicyclic) bond motifs is 2. The number of rotatable bonds is 6. The second-order valence-electron chi connectivity index (χ2n) is 8.05. The lowest BCUT2D eigenvalue weighted by Gasteiger charge is -2.24. The number of imidazole rings is 1. The minimum atomic E-state index is -0.233. The van der Waals surface area contributed by atoms with Gasteiger partial charge in [-0.05, 0) is 61.2 Å². The normalized spacial score (nSPS) is 11.2. The molecule has 5 rings (SSSR count). The first-order valence-corrected chi connectivity index (χ1v) is 12.1. The molecule has 0 aliphatic heterocycles. The van der Waals surface area contributed by atoms with Crippen LogP contribution in [0.2, 0.25) is 0 Å². The molecule has 0 saturated heterocycles. The molecular formula is C26H23N5O2S. The first-order chi connectivity index (χ1) is 16.5. The second-order valence-corrected chi connectivity index (χ2v) is 8.93. The third-order valence-electron chi connectivity index (χ3n) is 5.73. The fourth-order valence-corrected chi connectivity index (χ4v) is 4.39. The molecule has 0 fully saturated rings. The lowest BCUT2D eigenvalue weighted by molar-refractivity contribution is -0.119. The van der Waals surface area contributed by atoms with E-state index in [1.807, 2.05) is 61.7 Å². The summed E-state index contributed by atoms with van der Waals surface area (Å²) in [6.07, 6.45) is 3.47. The van der Waals surface area contributed by atoms with Crippen molar-refractivity contribution in [1.29, 1.82) is 0 Å². The molecule has 0 bridgehead atoms. The van der Waals surface area contributed by atoms with Gasteiger partial charge in [-0.15, -0.1) is 11.8 Å². The number of hydrogen-bond donors (Lipinski definition) is 1. The quantitative estimate of drug-likeness (QED) is 0.369. The van der Waals surface area contributed by atoms with E-state index in [0.29, 0.717) is 17.4 Å². The number of aromatic amines is 1. The maximum atomic E-state index is 13.6. The van der Waals surface area contributed by atoms with E-state index < -0.39 is 0 Å². The lowest BCUT2D eigenvalue weighted by Crippen LogP contribution is -2.36. The molecule has 170 valence electrons. The van der Waals surface area contributed by atoms with Crippen LogP contribution in [0.15, 0.2) is 82.7 Å². The van der Waals surface area contributed by atoms with E-state index in [1.54, 1.807) is 34.9 Å². The van der Waals surface area contributed by atoms with Crippen LogP contribution >= 0.6 is 11.8 Å². The van der Waals surface area contributed by atoms with Gasteiger partial charge in [0, 0.05) is 10.6 Å². The number of H-pyrrole nitrogens is 1. The number of thioether (sulfide) groups is 1. The standard InChI is InChI=1S/C26H23N5O2S/c1-17-28-23-12-9-19(13-24(23)29-17)31(14-18-7-10-20(34-2)11-8-18)25(32)15-30-16-27-22-6-4-3-5-21(22)26(30)33/h3-13,16H,14-15H2,1-2H3,(H,28,29). The van der Waals surface area contributed by atoms with Crippen molar-refractivity contribution in [2.75, 3.05) is 11.2 Å². The van der Waals surface area contributed by atoms with E-state index in [-0.39, 0.29) is 18.0 Å². The number of aromatic nitrogens is 4. The number of benzene rings is 3. The average molecular weight is 470 g/mol. The van der Waals surface area contributed by atoms with Gasteiger partial charge in [-0.1, -0.05) is 24.3 Å². The molecule has 0 spiro atoms. The largest absolute Gasteiger partial charge is 0.342 e. The molecule has 0 atom stereocenters. The van der Waals surface area contributed by atoms with Crippen molar-refractivity contribution in [3.05, 3.63) is 94.8 Å². The van der Waals surface area contributed by atoms with Crippen LogP contribution in [0, 0.1) is 6.92 Å². The Hall–Kier alpha value is -3.91.